The molecule has 0 aliphatic carbocycles. The molecule has 4 heteroatoms. The van der Waals surface area contributed by atoms with Crippen molar-refractivity contribution in [3.8, 4) is 0 Å². The van der Waals surface area contributed by atoms with Gasteiger partial charge in [0.15, 0.2) is 0 Å². The number of nitrogens with one attached hydrogen (secondary N) is 2. The molecule has 0 amide bonds. The Labute approximate surface area is 85.2 Å². The number of anilines is 1. The SMILES string of the molecule is CNCCc1nccc(NC(C)C)n1. The molecule has 0 unspecified atom stereocenters. The minimum Gasteiger partial charge on any atom is -0.368 e. The van der Waals surface area contributed by atoms with Gasteiger partial charge in [0.2, 0.25) is 0 Å². The van der Waals surface area contributed by atoms with Crippen LogP contribution in [0.5, 0.6) is 0 Å². The third-order valence-electron chi connectivity index (χ3n) is 1.74. The van der Waals surface area contributed by atoms with E-state index >= 15 is 0 Å². The molecule has 0 bridgehead atoms. The Kier molecular flexibility index (Phi) is 4.32. The van der Waals surface area contributed by atoms with Gasteiger partial charge in [0, 0.05) is 25.2 Å². The van der Waals surface area contributed by atoms with E-state index in [-0.39, 0.29) is 0 Å². The molecule has 14 heavy (non-hydrogen) atoms. The van der Waals surface area contributed by atoms with Crippen molar-refractivity contribution in [2.45, 2.75) is 26.3 Å². The molecule has 4 nitrogen and oxygen atoms in total. The molecule has 0 fully saturated rings. The second kappa shape index (κ2) is 5.54. The van der Waals surface area contributed by atoms with Crippen LogP contribution in [-0.2, 0) is 6.42 Å². The average molecular weight is 194 g/mol. The lowest BCUT2D eigenvalue weighted by molar-refractivity contribution is 0.753. The summed E-state index contributed by atoms with van der Waals surface area (Å²) in [7, 11) is 1.93. The van der Waals surface area contributed by atoms with E-state index in [1.54, 1.807) is 6.20 Å². The van der Waals surface area contributed by atoms with Gasteiger partial charge in [-0.3, -0.25) is 0 Å². The van der Waals surface area contributed by atoms with E-state index in [9.17, 15) is 0 Å². The second-order valence-electron chi connectivity index (χ2n) is 3.51. The van der Waals surface area contributed by atoms with Crippen molar-refractivity contribution in [2.75, 3.05) is 18.9 Å². The Morgan fingerprint density at radius 3 is 2.86 bits per heavy atom. The zero-order valence-corrected chi connectivity index (χ0v) is 9.04. The lowest BCUT2D eigenvalue weighted by Crippen LogP contribution is -2.15. The lowest BCUT2D eigenvalue weighted by atomic mass is 10.3. The molecule has 0 aliphatic rings. The number of likely N-dealkylation sites (N-methyl/N-ethyl adjacent to an activating group) is 1. The molecule has 0 radical (unpaired) electrons. The van der Waals surface area contributed by atoms with Gasteiger partial charge in [-0.1, -0.05) is 0 Å². The Balaban J connectivity index is 2.59. The first kappa shape index (κ1) is 10.9. The van der Waals surface area contributed by atoms with Gasteiger partial charge in [-0.05, 0) is 27.0 Å². The molecule has 1 aromatic rings. The van der Waals surface area contributed by atoms with Gasteiger partial charge in [-0.25, -0.2) is 9.97 Å². The lowest BCUT2D eigenvalue weighted by Gasteiger charge is -2.09. The van der Waals surface area contributed by atoms with Crippen molar-refractivity contribution in [2.24, 2.45) is 0 Å². The number of rotatable bonds is 5. The average Bonchev–Trinajstić information content (AvgIpc) is 2.14. The summed E-state index contributed by atoms with van der Waals surface area (Å²) in [4.78, 5) is 8.58. The van der Waals surface area contributed by atoms with Crippen LogP contribution in [0.2, 0.25) is 0 Å². The molecule has 1 rings (SSSR count). The first-order chi connectivity index (χ1) is 6.72. The molecular formula is C10H18N4. The quantitative estimate of drug-likeness (QED) is 0.736. The molecule has 1 heterocycles. The summed E-state index contributed by atoms with van der Waals surface area (Å²) in [6.45, 7) is 5.09. The van der Waals surface area contributed by atoms with E-state index in [2.05, 4.69) is 34.4 Å². The van der Waals surface area contributed by atoms with Gasteiger partial charge in [0.05, 0.1) is 0 Å². The summed E-state index contributed by atoms with van der Waals surface area (Å²) in [5.41, 5.74) is 0. The normalized spacial score (nSPS) is 10.6. The zero-order chi connectivity index (χ0) is 10.4. The van der Waals surface area contributed by atoms with Crippen LogP contribution < -0.4 is 10.6 Å². The third-order valence-corrected chi connectivity index (χ3v) is 1.74. The Morgan fingerprint density at radius 1 is 1.43 bits per heavy atom. The Bertz CT molecular complexity index is 273. The van der Waals surface area contributed by atoms with Crippen molar-refractivity contribution in [1.29, 1.82) is 0 Å². The summed E-state index contributed by atoms with van der Waals surface area (Å²) >= 11 is 0. The van der Waals surface area contributed by atoms with Crippen LogP contribution >= 0.6 is 0 Å². The van der Waals surface area contributed by atoms with Gasteiger partial charge in [0.1, 0.15) is 11.6 Å². The maximum Gasteiger partial charge on any atom is 0.131 e. The van der Waals surface area contributed by atoms with Gasteiger partial charge >= 0.3 is 0 Å². The summed E-state index contributed by atoms with van der Waals surface area (Å²) in [6.07, 6.45) is 2.66. The fourth-order valence-corrected chi connectivity index (χ4v) is 1.13. The second-order valence-corrected chi connectivity index (χ2v) is 3.51. The summed E-state index contributed by atoms with van der Waals surface area (Å²) in [5, 5.41) is 6.33. The van der Waals surface area contributed by atoms with Crippen LogP contribution in [0.4, 0.5) is 5.82 Å². The summed E-state index contributed by atoms with van der Waals surface area (Å²) in [5.74, 6) is 1.78. The number of nitrogens with zero attached hydrogens (tertiary/aromatic N) is 2. The molecular weight excluding hydrogens is 176 g/mol. The van der Waals surface area contributed by atoms with Crippen LogP contribution in [0.15, 0.2) is 12.3 Å². The van der Waals surface area contributed by atoms with Crippen molar-refractivity contribution < 1.29 is 0 Å². The molecule has 0 aromatic carbocycles. The smallest absolute Gasteiger partial charge is 0.131 e. The maximum absolute atomic E-state index is 4.39. The minimum absolute atomic E-state index is 0.405. The van der Waals surface area contributed by atoms with E-state index in [0.29, 0.717) is 6.04 Å². The van der Waals surface area contributed by atoms with Gasteiger partial charge in [0.25, 0.3) is 0 Å². The zero-order valence-electron chi connectivity index (χ0n) is 9.04. The highest BCUT2D eigenvalue weighted by atomic mass is 15.0. The standard InChI is InChI=1S/C10H18N4/c1-8(2)13-10-5-7-12-9(14-10)4-6-11-3/h5,7-8,11H,4,6H2,1-3H3,(H,12,13,14). The van der Waals surface area contributed by atoms with Crippen LogP contribution in [-0.4, -0.2) is 29.6 Å². The number of hydrogen-bond acceptors (Lipinski definition) is 4. The fraction of sp³-hybridized carbons (Fsp3) is 0.600. The topological polar surface area (TPSA) is 49.8 Å². The molecule has 78 valence electrons. The predicted octanol–water partition coefficient (Wildman–Crippen LogP) is 1.06. The van der Waals surface area contributed by atoms with Crippen molar-refractivity contribution in [1.82, 2.24) is 15.3 Å². The van der Waals surface area contributed by atoms with E-state index in [1.807, 2.05) is 13.1 Å². The van der Waals surface area contributed by atoms with Gasteiger partial charge in [-0.15, -0.1) is 0 Å². The highest BCUT2D eigenvalue weighted by molar-refractivity contribution is 5.33. The predicted molar refractivity (Wildman–Crippen MR) is 58.4 cm³/mol. The molecule has 0 saturated carbocycles. The molecule has 0 spiro atoms. The van der Waals surface area contributed by atoms with Crippen LogP contribution in [0.1, 0.15) is 19.7 Å². The molecule has 2 N–H and O–H groups in total. The first-order valence-electron chi connectivity index (χ1n) is 4.95. The molecule has 0 aliphatic heterocycles. The highest BCUT2D eigenvalue weighted by Gasteiger charge is 1.99. The van der Waals surface area contributed by atoms with Crippen LogP contribution in [0.3, 0.4) is 0 Å². The van der Waals surface area contributed by atoms with Gasteiger partial charge < -0.3 is 10.6 Å². The van der Waals surface area contributed by atoms with Gasteiger partial charge in [-0.2, -0.15) is 0 Å². The van der Waals surface area contributed by atoms with E-state index in [4.69, 9.17) is 0 Å². The number of hydrogen-bond donors (Lipinski definition) is 2. The van der Waals surface area contributed by atoms with E-state index < -0.39 is 0 Å². The third kappa shape index (κ3) is 3.70. The highest BCUT2D eigenvalue weighted by Crippen LogP contribution is 2.03. The van der Waals surface area contributed by atoms with Crippen LogP contribution in [0, 0.1) is 0 Å². The number of aromatic nitrogens is 2. The van der Waals surface area contributed by atoms with E-state index in [1.165, 1.54) is 0 Å². The van der Waals surface area contributed by atoms with Crippen molar-refractivity contribution >= 4 is 5.82 Å². The molecule has 0 atom stereocenters. The van der Waals surface area contributed by atoms with Crippen molar-refractivity contribution in [3.63, 3.8) is 0 Å². The fourth-order valence-electron chi connectivity index (χ4n) is 1.13. The summed E-state index contributed by atoms with van der Waals surface area (Å²) in [6, 6.07) is 2.30. The largest absolute Gasteiger partial charge is 0.368 e. The molecule has 0 saturated heterocycles. The Morgan fingerprint density at radius 2 is 2.21 bits per heavy atom. The minimum atomic E-state index is 0.405. The Hall–Kier alpha value is -1.16. The first-order valence-corrected chi connectivity index (χ1v) is 4.95. The van der Waals surface area contributed by atoms with E-state index in [0.717, 1.165) is 24.6 Å². The monoisotopic (exact) mass is 194 g/mol. The maximum atomic E-state index is 4.39. The van der Waals surface area contributed by atoms with Crippen molar-refractivity contribution in [3.05, 3.63) is 18.1 Å². The van der Waals surface area contributed by atoms with Crippen LogP contribution in [0.25, 0.3) is 0 Å². The summed E-state index contributed by atoms with van der Waals surface area (Å²) < 4.78 is 0. The molecule has 1 aromatic heterocycles.